The first-order chi connectivity index (χ1) is 6.41. The lowest BCUT2D eigenvalue weighted by atomic mass is 9.95. The Balaban J connectivity index is 2.46. The summed E-state index contributed by atoms with van der Waals surface area (Å²) in [7, 11) is 0. The minimum absolute atomic E-state index is 0.0371. The Hall–Kier alpha value is -0.780. The van der Waals surface area contributed by atoms with Crippen LogP contribution in [0.15, 0.2) is 0 Å². The van der Waals surface area contributed by atoms with Gasteiger partial charge in [0.1, 0.15) is 0 Å². The predicted octanol–water partition coefficient (Wildman–Crippen LogP) is 0.663. The van der Waals surface area contributed by atoms with E-state index in [1.165, 1.54) is 0 Å². The Morgan fingerprint density at radius 3 is 2.64 bits per heavy atom. The van der Waals surface area contributed by atoms with E-state index in [4.69, 9.17) is 0 Å². The zero-order valence-electron chi connectivity index (χ0n) is 7.82. The van der Waals surface area contributed by atoms with Crippen LogP contribution in [0.1, 0.15) is 13.3 Å². The van der Waals surface area contributed by atoms with Crippen molar-refractivity contribution in [3.8, 4) is 0 Å². The van der Waals surface area contributed by atoms with Crippen LogP contribution in [-0.4, -0.2) is 31.2 Å². The van der Waals surface area contributed by atoms with Crippen molar-refractivity contribution in [3.05, 3.63) is 0 Å². The molecule has 2 N–H and O–H groups in total. The van der Waals surface area contributed by atoms with Gasteiger partial charge in [0.25, 0.3) is 0 Å². The van der Waals surface area contributed by atoms with Crippen molar-refractivity contribution < 1.29 is 18.0 Å². The lowest BCUT2D eigenvalue weighted by Crippen LogP contribution is -2.51. The molecule has 1 heterocycles. The van der Waals surface area contributed by atoms with Gasteiger partial charge in [0.2, 0.25) is 0 Å². The molecule has 2 atom stereocenters. The monoisotopic (exact) mass is 210 g/mol. The van der Waals surface area contributed by atoms with Crippen LogP contribution < -0.4 is 10.6 Å². The first-order valence-electron chi connectivity index (χ1n) is 4.49. The molecule has 1 fully saturated rings. The summed E-state index contributed by atoms with van der Waals surface area (Å²) >= 11 is 0. The number of alkyl halides is 3. The van der Waals surface area contributed by atoms with Crippen molar-refractivity contribution in [1.29, 1.82) is 0 Å². The number of amides is 1. The SMILES string of the molecule is C[C@@H]1CNCC[C@H]1NC(=O)C(F)(F)F. The third kappa shape index (κ3) is 2.87. The standard InChI is InChI=1S/C8H13F3N2O/c1-5-4-12-3-2-6(5)13-7(14)8(9,10)11/h5-6,12H,2-4H2,1H3,(H,13,14)/t5-,6-/m1/s1. The second-order valence-electron chi connectivity index (χ2n) is 3.55. The van der Waals surface area contributed by atoms with Crippen LogP contribution in [-0.2, 0) is 4.79 Å². The van der Waals surface area contributed by atoms with E-state index in [0.29, 0.717) is 19.5 Å². The summed E-state index contributed by atoms with van der Waals surface area (Å²) in [5.74, 6) is -1.80. The molecule has 1 saturated heterocycles. The molecular formula is C8H13F3N2O. The van der Waals surface area contributed by atoms with Gasteiger partial charge in [0.05, 0.1) is 0 Å². The van der Waals surface area contributed by atoms with Gasteiger partial charge in [0, 0.05) is 6.04 Å². The number of rotatable bonds is 1. The van der Waals surface area contributed by atoms with E-state index in [-0.39, 0.29) is 12.0 Å². The van der Waals surface area contributed by atoms with Gasteiger partial charge in [-0.2, -0.15) is 13.2 Å². The van der Waals surface area contributed by atoms with Crippen LogP contribution in [0.5, 0.6) is 0 Å². The molecule has 0 saturated carbocycles. The van der Waals surface area contributed by atoms with Crippen LogP contribution in [0.2, 0.25) is 0 Å². The lowest BCUT2D eigenvalue weighted by molar-refractivity contribution is -0.174. The Kier molecular flexibility index (Phi) is 3.36. The maximum absolute atomic E-state index is 11.9. The summed E-state index contributed by atoms with van der Waals surface area (Å²) in [6, 6.07) is -0.370. The van der Waals surface area contributed by atoms with Crippen LogP contribution in [0, 0.1) is 5.92 Å². The molecule has 1 rings (SSSR count). The molecule has 1 amide bonds. The van der Waals surface area contributed by atoms with Gasteiger partial charge < -0.3 is 10.6 Å². The Bertz CT molecular complexity index is 217. The van der Waals surface area contributed by atoms with E-state index in [1.54, 1.807) is 0 Å². The molecule has 6 heteroatoms. The number of carbonyl (C=O) groups excluding carboxylic acids is 1. The van der Waals surface area contributed by atoms with Crippen LogP contribution in [0.4, 0.5) is 13.2 Å². The molecule has 14 heavy (non-hydrogen) atoms. The Labute approximate surface area is 80.0 Å². The molecule has 0 bridgehead atoms. The van der Waals surface area contributed by atoms with E-state index in [1.807, 2.05) is 12.2 Å². The van der Waals surface area contributed by atoms with Gasteiger partial charge in [-0.05, 0) is 25.4 Å². The minimum Gasteiger partial charge on any atom is -0.345 e. The summed E-state index contributed by atoms with van der Waals surface area (Å²) < 4.78 is 35.7. The first-order valence-corrected chi connectivity index (χ1v) is 4.49. The third-order valence-corrected chi connectivity index (χ3v) is 2.36. The highest BCUT2D eigenvalue weighted by Crippen LogP contribution is 2.17. The first kappa shape index (κ1) is 11.3. The molecular weight excluding hydrogens is 197 g/mol. The fraction of sp³-hybridized carbons (Fsp3) is 0.875. The van der Waals surface area contributed by atoms with Crippen molar-refractivity contribution in [1.82, 2.24) is 10.6 Å². The Morgan fingerprint density at radius 2 is 2.14 bits per heavy atom. The molecule has 0 spiro atoms. The topological polar surface area (TPSA) is 41.1 Å². The van der Waals surface area contributed by atoms with E-state index < -0.39 is 12.1 Å². The zero-order chi connectivity index (χ0) is 10.8. The molecule has 82 valence electrons. The van der Waals surface area contributed by atoms with Crippen molar-refractivity contribution in [3.63, 3.8) is 0 Å². The number of nitrogens with one attached hydrogen (secondary N) is 2. The van der Waals surface area contributed by atoms with Gasteiger partial charge in [-0.25, -0.2) is 0 Å². The molecule has 0 aliphatic carbocycles. The van der Waals surface area contributed by atoms with Crippen molar-refractivity contribution in [2.75, 3.05) is 13.1 Å². The maximum atomic E-state index is 11.9. The van der Waals surface area contributed by atoms with Crippen molar-refractivity contribution in [2.24, 2.45) is 5.92 Å². The zero-order valence-corrected chi connectivity index (χ0v) is 7.82. The number of hydrogen-bond donors (Lipinski definition) is 2. The molecule has 0 aromatic rings. The maximum Gasteiger partial charge on any atom is 0.471 e. The number of hydrogen-bond acceptors (Lipinski definition) is 2. The highest BCUT2D eigenvalue weighted by Gasteiger charge is 2.40. The minimum atomic E-state index is -4.77. The molecule has 1 aliphatic rings. The molecule has 3 nitrogen and oxygen atoms in total. The Morgan fingerprint density at radius 1 is 1.50 bits per heavy atom. The van der Waals surface area contributed by atoms with Crippen LogP contribution in [0.25, 0.3) is 0 Å². The van der Waals surface area contributed by atoms with Gasteiger partial charge in [-0.15, -0.1) is 0 Å². The average molecular weight is 210 g/mol. The highest BCUT2D eigenvalue weighted by molar-refractivity contribution is 5.81. The lowest BCUT2D eigenvalue weighted by Gasteiger charge is -2.30. The fourth-order valence-electron chi connectivity index (χ4n) is 1.48. The van der Waals surface area contributed by atoms with Gasteiger partial charge in [0.15, 0.2) is 0 Å². The average Bonchev–Trinajstić information content (AvgIpc) is 2.07. The summed E-state index contributed by atoms with van der Waals surface area (Å²) in [4.78, 5) is 10.6. The number of piperidine rings is 1. The van der Waals surface area contributed by atoms with E-state index in [2.05, 4.69) is 5.32 Å². The van der Waals surface area contributed by atoms with Gasteiger partial charge in [-0.1, -0.05) is 6.92 Å². The van der Waals surface area contributed by atoms with E-state index in [0.717, 1.165) is 0 Å². The van der Waals surface area contributed by atoms with E-state index in [9.17, 15) is 18.0 Å². The molecule has 0 aromatic carbocycles. The molecule has 0 aromatic heterocycles. The van der Waals surface area contributed by atoms with Crippen molar-refractivity contribution >= 4 is 5.91 Å². The largest absolute Gasteiger partial charge is 0.471 e. The summed E-state index contributed by atoms with van der Waals surface area (Å²) in [5.41, 5.74) is 0. The normalized spacial score (nSPS) is 28.6. The quantitative estimate of drug-likeness (QED) is 0.667. The molecule has 0 radical (unpaired) electrons. The fourth-order valence-corrected chi connectivity index (χ4v) is 1.48. The predicted molar refractivity (Wildman–Crippen MR) is 44.6 cm³/mol. The van der Waals surface area contributed by atoms with E-state index >= 15 is 0 Å². The summed E-state index contributed by atoms with van der Waals surface area (Å²) in [5, 5.41) is 5.05. The highest BCUT2D eigenvalue weighted by atomic mass is 19.4. The second-order valence-corrected chi connectivity index (χ2v) is 3.55. The van der Waals surface area contributed by atoms with Gasteiger partial charge in [-0.3, -0.25) is 4.79 Å². The third-order valence-electron chi connectivity index (χ3n) is 2.36. The van der Waals surface area contributed by atoms with Crippen LogP contribution >= 0.6 is 0 Å². The van der Waals surface area contributed by atoms with Gasteiger partial charge >= 0.3 is 12.1 Å². The number of halogens is 3. The number of carbonyl (C=O) groups is 1. The smallest absolute Gasteiger partial charge is 0.345 e. The summed E-state index contributed by atoms with van der Waals surface area (Å²) in [6.07, 6.45) is -4.23. The van der Waals surface area contributed by atoms with Crippen LogP contribution in [0.3, 0.4) is 0 Å². The summed E-state index contributed by atoms with van der Waals surface area (Å²) in [6.45, 7) is 3.10. The molecule has 0 unspecified atom stereocenters. The molecule has 1 aliphatic heterocycles. The second kappa shape index (κ2) is 4.16. The van der Waals surface area contributed by atoms with Crippen molar-refractivity contribution in [2.45, 2.75) is 25.6 Å².